The zero-order valence-electron chi connectivity index (χ0n) is 20.2. The molecule has 0 radical (unpaired) electrons. The summed E-state index contributed by atoms with van der Waals surface area (Å²) in [4.78, 5) is 29.3. The van der Waals surface area contributed by atoms with Gasteiger partial charge in [0.15, 0.2) is 0 Å². The Morgan fingerprint density at radius 3 is 2.48 bits per heavy atom. The van der Waals surface area contributed by atoms with Crippen molar-refractivity contribution < 1.29 is 14.3 Å². The summed E-state index contributed by atoms with van der Waals surface area (Å²) in [7, 11) is 3.97. The van der Waals surface area contributed by atoms with E-state index in [2.05, 4.69) is 31.4 Å². The van der Waals surface area contributed by atoms with Crippen LogP contribution in [0.1, 0.15) is 59.4 Å². The average molecular weight is 433 g/mol. The molecule has 1 aromatic carbocycles. The lowest BCUT2D eigenvalue weighted by molar-refractivity contribution is -0.135. The first-order valence-electron chi connectivity index (χ1n) is 11.2. The molecule has 0 unspecified atom stereocenters. The molecular formula is C24H40N4O3. The lowest BCUT2D eigenvalue weighted by atomic mass is 9.91. The Kier molecular flexibility index (Phi) is 8.74. The van der Waals surface area contributed by atoms with Gasteiger partial charge in [0, 0.05) is 57.6 Å². The largest absolute Gasteiger partial charge is 0.377 e. The van der Waals surface area contributed by atoms with Crippen molar-refractivity contribution in [3.63, 3.8) is 0 Å². The highest BCUT2D eigenvalue weighted by molar-refractivity contribution is 5.90. The number of nitrogens with zero attached hydrogens (tertiary/aromatic N) is 2. The molecule has 2 N–H and O–H groups in total. The van der Waals surface area contributed by atoms with Gasteiger partial charge in [-0.2, -0.15) is 0 Å². The van der Waals surface area contributed by atoms with E-state index in [1.165, 1.54) is 0 Å². The third-order valence-corrected chi connectivity index (χ3v) is 5.08. The summed E-state index contributed by atoms with van der Waals surface area (Å²) < 4.78 is 5.82. The molecule has 7 nitrogen and oxygen atoms in total. The van der Waals surface area contributed by atoms with E-state index in [0.29, 0.717) is 25.2 Å². The number of hydrogen-bond acceptors (Lipinski definition) is 4. The fourth-order valence-electron chi connectivity index (χ4n) is 3.72. The van der Waals surface area contributed by atoms with Gasteiger partial charge in [0.25, 0.3) is 0 Å². The Balaban J connectivity index is 2.27. The molecule has 1 saturated heterocycles. The Morgan fingerprint density at radius 1 is 1.23 bits per heavy atom. The smallest absolute Gasteiger partial charge is 0.319 e. The maximum atomic E-state index is 13.2. The summed E-state index contributed by atoms with van der Waals surface area (Å²) in [5.74, 6) is 0.128. The monoisotopic (exact) mass is 432 g/mol. The second-order valence-corrected chi connectivity index (χ2v) is 10.1. The van der Waals surface area contributed by atoms with Gasteiger partial charge in [0.05, 0.1) is 6.10 Å². The van der Waals surface area contributed by atoms with Crippen LogP contribution in [-0.4, -0.2) is 56.2 Å². The maximum Gasteiger partial charge on any atom is 0.319 e. The maximum absolute atomic E-state index is 13.2. The van der Waals surface area contributed by atoms with Gasteiger partial charge in [-0.3, -0.25) is 4.79 Å². The fourth-order valence-corrected chi connectivity index (χ4v) is 3.72. The molecule has 1 heterocycles. The lowest BCUT2D eigenvalue weighted by Crippen LogP contribution is -2.39. The first-order chi connectivity index (χ1) is 14.4. The minimum Gasteiger partial charge on any atom is -0.377 e. The Hall–Kier alpha value is -2.28. The molecule has 0 spiro atoms. The van der Waals surface area contributed by atoms with E-state index < -0.39 is 0 Å². The second-order valence-electron chi connectivity index (χ2n) is 10.1. The van der Waals surface area contributed by atoms with Gasteiger partial charge in [-0.1, -0.05) is 20.8 Å². The van der Waals surface area contributed by atoms with Crippen LogP contribution >= 0.6 is 0 Å². The topological polar surface area (TPSA) is 73.9 Å². The van der Waals surface area contributed by atoms with E-state index in [0.717, 1.165) is 30.7 Å². The molecule has 0 aromatic heterocycles. The van der Waals surface area contributed by atoms with Crippen LogP contribution in [0.2, 0.25) is 0 Å². The fraction of sp³-hybridized carbons (Fsp3) is 0.667. The number of urea groups is 1. The number of carbonyl (C=O) groups is 2. The van der Waals surface area contributed by atoms with Crippen molar-refractivity contribution >= 4 is 23.3 Å². The van der Waals surface area contributed by atoms with Crippen LogP contribution in [0, 0.1) is 5.41 Å². The second kappa shape index (κ2) is 10.8. The van der Waals surface area contributed by atoms with Crippen molar-refractivity contribution in [3.05, 3.63) is 23.8 Å². The molecule has 3 amide bonds. The number of benzene rings is 1. The van der Waals surface area contributed by atoms with E-state index in [-0.39, 0.29) is 29.5 Å². The van der Waals surface area contributed by atoms with Crippen molar-refractivity contribution in [2.75, 3.05) is 37.5 Å². The van der Waals surface area contributed by atoms with Gasteiger partial charge < -0.3 is 25.2 Å². The van der Waals surface area contributed by atoms with Crippen molar-refractivity contribution in [3.8, 4) is 0 Å². The van der Waals surface area contributed by atoms with Gasteiger partial charge in [0.2, 0.25) is 5.91 Å². The number of hydrogen-bond donors (Lipinski definition) is 2. The zero-order chi connectivity index (χ0) is 23.2. The summed E-state index contributed by atoms with van der Waals surface area (Å²) in [6.45, 7) is 11.9. The van der Waals surface area contributed by atoms with E-state index >= 15 is 0 Å². The summed E-state index contributed by atoms with van der Waals surface area (Å²) >= 11 is 0. The number of anilines is 2. The number of nitrogens with one attached hydrogen (secondary N) is 2. The number of carbonyl (C=O) groups excluding carboxylic acids is 2. The normalized spacial score (nSPS) is 16.3. The van der Waals surface area contributed by atoms with E-state index in [1.807, 2.05) is 55.9 Å². The van der Waals surface area contributed by atoms with Crippen LogP contribution in [0.5, 0.6) is 0 Å². The molecule has 1 aromatic rings. The number of ether oxygens (including phenoxy) is 1. The average Bonchev–Trinajstić information content (AvgIpc) is 3.12. The van der Waals surface area contributed by atoms with E-state index in [4.69, 9.17) is 4.74 Å². The van der Waals surface area contributed by atoms with Crippen molar-refractivity contribution in [2.45, 2.75) is 72.6 Å². The zero-order valence-corrected chi connectivity index (χ0v) is 20.2. The van der Waals surface area contributed by atoms with E-state index in [1.54, 1.807) is 0 Å². The summed E-state index contributed by atoms with van der Waals surface area (Å²) in [6, 6.07) is 5.65. The molecule has 1 atom stereocenters. The van der Waals surface area contributed by atoms with Crippen molar-refractivity contribution in [1.29, 1.82) is 0 Å². The highest BCUT2D eigenvalue weighted by atomic mass is 16.5. The molecule has 0 saturated carbocycles. The van der Waals surface area contributed by atoms with Gasteiger partial charge in [-0.05, 0) is 55.9 Å². The molecule has 0 aliphatic carbocycles. The highest BCUT2D eigenvalue weighted by Crippen LogP contribution is 2.27. The SMILES string of the molecule is CC(C)NC(=O)Nc1ccc(N(C)C)c(CN(C[C@@H]2CCCO2)C(=O)CC(C)(C)C)c1. The van der Waals surface area contributed by atoms with Crippen LogP contribution < -0.4 is 15.5 Å². The summed E-state index contributed by atoms with van der Waals surface area (Å²) in [6.07, 6.45) is 2.59. The van der Waals surface area contributed by atoms with Crippen LogP contribution in [0.3, 0.4) is 0 Å². The van der Waals surface area contributed by atoms with Crippen LogP contribution in [0.15, 0.2) is 18.2 Å². The molecule has 1 aliphatic rings. The van der Waals surface area contributed by atoms with Crippen molar-refractivity contribution in [2.24, 2.45) is 5.41 Å². The first-order valence-corrected chi connectivity index (χ1v) is 11.2. The first kappa shape index (κ1) is 25.0. The quantitative estimate of drug-likeness (QED) is 0.645. The minimum atomic E-state index is -0.237. The Labute approximate surface area is 187 Å². The highest BCUT2D eigenvalue weighted by Gasteiger charge is 2.26. The standard InChI is InChI=1S/C24H40N4O3/c1-17(2)25-23(30)26-19-10-11-21(27(6)7)18(13-19)15-28(16-20-9-8-12-31-20)22(29)14-24(3,4)5/h10-11,13,17,20H,8-9,12,14-16H2,1-7H3,(H2,25,26,30)/t20-/m0/s1. The summed E-state index contributed by atoms with van der Waals surface area (Å²) in [5.41, 5.74) is 2.64. The molecule has 0 bridgehead atoms. The predicted octanol–water partition coefficient (Wildman–Crippen LogP) is 4.23. The van der Waals surface area contributed by atoms with E-state index in [9.17, 15) is 9.59 Å². The Bertz CT molecular complexity index is 750. The van der Waals surface area contributed by atoms with Gasteiger partial charge >= 0.3 is 6.03 Å². The third-order valence-electron chi connectivity index (χ3n) is 5.08. The molecule has 2 rings (SSSR count). The molecule has 1 fully saturated rings. The summed E-state index contributed by atoms with van der Waals surface area (Å²) in [5, 5.41) is 5.74. The number of rotatable bonds is 8. The van der Waals surface area contributed by atoms with Crippen LogP contribution in [-0.2, 0) is 16.1 Å². The van der Waals surface area contributed by atoms with Crippen LogP contribution in [0.4, 0.5) is 16.2 Å². The van der Waals surface area contributed by atoms with Gasteiger partial charge in [-0.15, -0.1) is 0 Å². The van der Waals surface area contributed by atoms with Gasteiger partial charge in [-0.25, -0.2) is 4.79 Å². The molecule has 31 heavy (non-hydrogen) atoms. The van der Waals surface area contributed by atoms with Gasteiger partial charge in [0.1, 0.15) is 0 Å². The van der Waals surface area contributed by atoms with Crippen molar-refractivity contribution in [1.82, 2.24) is 10.2 Å². The minimum absolute atomic E-state index is 0.0532. The molecule has 174 valence electrons. The van der Waals surface area contributed by atoms with Crippen LogP contribution in [0.25, 0.3) is 0 Å². The Morgan fingerprint density at radius 2 is 1.94 bits per heavy atom. The number of amides is 3. The molecule has 7 heteroatoms. The lowest BCUT2D eigenvalue weighted by Gasteiger charge is -2.30. The third kappa shape index (κ3) is 8.40. The predicted molar refractivity (Wildman–Crippen MR) is 127 cm³/mol. The molecular weight excluding hydrogens is 392 g/mol. The molecule has 1 aliphatic heterocycles.